The normalized spacial score (nSPS) is 10.4. The van der Waals surface area contributed by atoms with Crippen LogP contribution in [-0.2, 0) is 0 Å². The first kappa shape index (κ1) is 13.2. The number of hydrogen-bond acceptors (Lipinski definition) is 5. The van der Waals surface area contributed by atoms with Crippen LogP contribution in [0.25, 0.3) is 0 Å². The van der Waals surface area contributed by atoms with Gasteiger partial charge in [-0.05, 0) is 20.2 Å². The summed E-state index contributed by atoms with van der Waals surface area (Å²) in [7, 11) is 5.52. The minimum absolute atomic E-state index is 0.0230. The van der Waals surface area contributed by atoms with E-state index in [-0.39, 0.29) is 5.69 Å². The number of anilines is 1. The molecule has 0 heterocycles. The molecule has 0 aromatic heterocycles. The lowest BCUT2D eigenvalue weighted by Gasteiger charge is -2.13. The van der Waals surface area contributed by atoms with E-state index in [2.05, 4.69) is 5.32 Å². The number of nitro groups is 1. The van der Waals surface area contributed by atoms with Gasteiger partial charge in [-0.3, -0.25) is 10.1 Å². The molecule has 6 heteroatoms. The highest BCUT2D eigenvalue weighted by Crippen LogP contribution is 2.33. The Morgan fingerprint density at radius 2 is 2.18 bits per heavy atom. The molecule has 1 aromatic rings. The summed E-state index contributed by atoms with van der Waals surface area (Å²) in [5.41, 5.74) is 0.436. The van der Waals surface area contributed by atoms with Crippen molar-refractivity contribution in [3.63, 3.8) is 0 Å². The van der Waals surface area contributed by atoms with Crippen molar-refractivity contribution in [2.75, 3.05) is 39.6 Å². The van der Waals surface area contributed by atoms with Gasteiger partial charge < -0.3 is 15.0 Å². The third-order valence-corrected chi connectivity index (χ3v) is 2.25. The van der Waals surface area contributed by atoms with Crippen molar-refractivity contribution in [3.8, 4) is 5.75 Å². The summed E-state index contributed by atoms with van der Waals surface area (Å²) in [6, 6.07) is 4.78. The first-order chi connectivity index (χ1) is 8.06. The molecule has 17 heavy (non-hydrogen) atoms. The number of benzene rings is 1. The minimum Gasteiger partial charge on any atom is -0.490 e. The lowest BCUT2D eigenvalue weighted by atomic mass is 10.2. The molecule has 0 saturated heterocycles. The zero-order valence-corrected chi connectivity index (χ0v) is 10.3. The molecule has 94 valence electrons. The van der Waals surface area contributed by atoms with E-state index in [1.165, 1.54) is 6.07 Å². The van der Waals surface area contributed by atoms with Crippen LogP contribution in [0.4, 0.5) is 11.4 Å². The smallest absolute Gasteiger partial charge is 0.296 e. The molecular formula is C11H17N3O3. The topological polar surface area (TPSA) is 67.6 Å². The SMILES string of the molecule is CNc1c(OCCN(C)C)cccc1[N+](=O)[O-]. The van der Waals surface area contributed by atoms with Crippen molar-refractivity contribution >= 4 is 11.4 Å². The molecule has 0 bridgehead atoms. The van der Waals surface area contributed by atoms with E-state index in [4.69, 9.17) is 4.74 Å². The third kappa shape index (κ3) is 3.60. The second kappa shape index (κ2) is 6.05. The molecule has 6 nitrogen and oxygen atoms in total. The lowest BCUT2D eigenvalue weighted by Crippen LogP contribution is -2.19. The van der Waals surface area contributed by atoms with Crippen molar-refractivity contribution in [1.29, 1.82) is 0 Å². The molecule has 0 saturated carbocycles. The Kier molecular flexibility index (Phi) is 4.71. The summed E-state index contributed by atoms with van der Waals surface area (Å²) < 4.78 is 5.52. The largest absolute Gasteiger partial charge is 0.490 e. The van der Waals surface area contributed by atoms with Crippen molar-refractivity contribution in [1.82, 2.24) is 4.90 Å². The van der Waals surface area contributed by atoms with Gasteiger partial charge in [-0.15, -0.1) is 0 Å². The van der Waals surface area contributed by atoms with Crippen molar-refractivity contribution < 1.29 is 9.66 Å². The number of nitrogens with zero attached hydrogens (tertiary/aromatic N) is 2. The molecule has 1 rings (SSSR count). The molecule has 0 aliphatic heterocycles. The third-order valence-electron chi connectivity index (χ3n) is 2.25. The van der Waals surface area contributed by atoms with E-state index in [9.17, 15) is 10.1 Å². The van der Waals surface area contributed by atoms with Crippen LogP contribution in [0.3, 0.4) is 0 Å². The first-order valence-electron chi connectivity index (χ1n) is 5.29. The van der Waals surface area contributed by atoms with Gasteiger partial charge in [0.05, 0.1) is 4.92 Å². The molecule has 0 fully saturated rings. The molecule has 0 aliphatic carbocycles. The number of ether oxygens (including phenoxy) is 1. The Bertz CT molecular complexity index is 394. The number of hydrogen-bond donors (Lipinski definition) is 1. The van der Waals surface area contributed by atoms with Crippen LogP contribution in [0.15, 0.2) is 18.2 Å². The Hall–Kier alpha value is -1.82. The average molecular weight is 239 g/mol. The predicted octanol–water partition coefficient (Wildman–Crippen LogP) is 1.58. The fourth-order valence-electron chi connectivity index (χ4n) is 1.38. The number of rotatable bonds is 6. The van der Waals surface area contributed by atoms with E-state index in [0.717, 1.165) is 6.54 Å². The van der Waals surface area contributed by atoms with E-state index in [0.29, 0.717) is 18.0 Å². The lowest BCUT2D eigenvalue weighted by molar-refractivity contribution is -0.384. The van der Waals surface area contributed by atoms with Crippen LogP contribution in [0, 0.1) is 10.1 Å². The van der Waals surface area contributed by atoms with Crippen LogP contribution >= 0.6 is 0 Å². The van der Waals surface area contributed by atoms with Gasteiger partial charge in [0, 0.05) is 19.7 Å². The van der Waals surface area contributed by atoms with Crippen molar-refractivity contribution in [2.24, 2.45) is 0 Å². The molecule has 1 aromatic carbocycles. The summed E-state index contributed by atoms with van der Waals surface area (Å²) in [5, 5.41) is 13.6. The van der Waals surface area contributed by atoms with Crippen LogP contribution in [0.1, 0.15) is 0 Å². The van der Waals surface area contributed by atoms with Gasteiger partial charge in [0.1, 0.15) is 12.4 Å². The van der Waals surface area contributed by atoms with E-state index in [1.54, 1.807) is 19.2 Å². The molecule has 0 unspecified atom stereocenters. The Labute approximate surface area is 100 Å². The van der Waals surface area contributed by atoms with Crippen molar-refractivity contribution in [2.45, 2.75) is 0 Å². The molecule has 0 aliphatic rings. The van der Waals surface area contributed by atoms with Crippen molar-refractivity contribution in [3.05, 3.63) is 28.3 Å². The number of para-hydroxylation sites is 1. The van der Waals surface area contributed by atoms with Crippen LogP contribution < -0.4 is 10.1 Å². The summed E-state index contributed by atoms with van der Waals surface area (Å²) in [5.74, 6) is 0.503. The Balaban J connectivity index is 2.84. The molecule has 0 spiro atoms. The highest BCUT2D eigenvalue weighted by Gasteiger charge is 2.16. The second-order valence-electron chi connectivity index (χ2n) is 3.81. The van der Waals surface area contributed by atoms with Gasteiger partial charge >= 0.3 is 0 Å². The highest BCUT2D eigenvalue weighted by molar-refractivity contribution is 5.69. The second-order valence-corrected chi connectivity index (χ2v) is 3.81. The highest BCUT2D eigenvalue weighted by atomic mass is 16.6. The zero-order valence-electron chi connectivity index (χ0n) is 10.3. The van der Waals surface area contributed by atoms with Gasteiger partial charge in [-0.25, -0.2) is 0 Å². The molecule has 0 radical (unpaired) electrons. The summed E-state index contributed by atoms with van der Waals surface area (Å²) in [6.45, 7) is 1.24. The summed E-state index contributed by atoms with van der Waals surface area (Å²) >= 11 is 0. The maximum Gasteiger partial charge on any atom is 0.296 e. The number of nitro benzene ring substituents is 1. The maximum absolute atomic E-state index is 10.8. The monoisotopic (exact) mass is 239 g/mol. The summed E-state index contributed by atoms with van der Waals surface area (Å²) in [6.07, 6.45) is 0. The Morgan fingerprint density at radius 1 is 1.47 bits per heavy atom. The van der Waals surface area contributed by atoms with Gasteiger partial charge in [0.25, 0.3) is 5.69 Å². The first-order valence-corrected chi connectivity index (χ1v) is 5.29. The maximum atomic E-state index is 10.8. The molecule has 0 amide bonds. The van der Waals surface area contributed by atoms with E-state index in [1.807, 2.05) is 19.0 Å². The summed E-state index contributed by atoms with van der Waals surface area (Å²) in [4.78, 5) is 12.4. The van der Waals surface area contributed by atoms with Gasteiger partial charge in [-0.2, -0.15) is 0 Å². The molecular weight excluding hydrogens is 222 g/mol. The van der Waals surface area contributed by atoms with E-state index >= 15 is 0 Å². The number of nitrogens with one attached hydrogen (secondary N) is 1. The Morgan fingerprint density at radius 3 is 2.71 bits per heavy atom. The van der Waals surface area contributed by atoms with E-state index < -0.39 is 4.92 Å². The minimum atomic E-state index is -0.426. The fourth-order valence-corrected chi connectivity index (χ4v) is 1.38. The van der Waals surface area contributed by atoms with Crippen LogP contribution in [0.2, 0.25) is 0 Å². The average Bonchev–Trinajstić information content (AvgIpc) is 2.28. The quantitative estimate of drug-likeness (QED) is 0.603. The zero-order chi connectivity index (χ0) is 12.8. The standard InChI is InChI=1S/C11H17N3O3/c1-12-11-9(14(15)16)5-4-6-10(11)17-8-7-13(2)3/h4-6,12H,7-8H2,1-3H3. The van der Waals surface area contributed by atoms with Gasteiger partial charge in [-0.1, -0.05) is 6.07 Å². The van der Waals surface area contributed by atoms with Gasteiger partial charge in [0.2, 0.25) is 0 Å². The van der Waals surface area contributed by atoms with Crippen LogP contribution in [0.5, 0.6) is 5.75 Å². The van der Waals surface area contributed by atoms with Gasteiger partial charge in [0.15, 0.2) is 5.69 Å². The predicted molar refractivity (Wildman–Crippen MR) is 66.7 cm³/mol. The van der Waals surface area contributed by atoms with Crippen LogP contribution in [-0.4, -0.2) is 44.1 Å². The molecule has 0 atom stereocenters. The molecule has 1 N–H and O–H groups in total. The fraction of sp³-hybridized carbons (Fsp3) is 0.455. The number of likely N-dealkylation sites (N-methyl/N-ethyl adjacent to an activating group) is 1.